The van der Waals surface area contributed by atoms with E-state index in [1.807, 2.05) is 27.7 Å². The van der Waals surface area contributed by atoms with Crippen LogP contribution in [0.3, 0.4) is 0 Å². The Bertz CT molecular complexity index is 1470. The highest BCUT2D eigenvalue weighted by atomic mass is 32.2. The second-order valence-electron chi connectivity index (χ2n) is 10.5. The number of benzene rings is 2. The molecular formula is C27H36N4O6S2. The van der Waals surface area contributed by atoms with Crippen molar-refractivity contribution < 1.29 is 26.0 Å². The van der Waals surface area contributed by atoms with Crippen LogP contribution in [0.1, 0.15) is 63.4 Å². The summed E-state index contributed by atoms with van der Waals surface area (Å²) in [5.41, 5.74) is 0.995. The smallest absolute Gasteiger partial charge is 0.322 e. The van der Waals surface area contributed by atoms with E-state index in [0.717, 1.165) is 5.56 Å². The van der Waals surface area contributed by atoms with Crippen molar-refractivity contribution >= 4 is 31.8 Å². The molecule has 0 fully saturated rings. The van der Waals surface area contributed by atoms with Crippen molar-refractivity contribution in [3.63, 3.8) is 0 Å². The first-order valence-corrected chi connectivity index (χ1v) is 15.8. The average molecular weight is 577 g/mol. The van der Waals surface area contributed by atoms with Gasteiger partial charge in [-0.1, -0.05) is 44.9 Å². The van der Waals surface area contributed by atoms with Crippen LogP contribution >= 0.6 is 0 Å². The zero-order chi connectivity index (χ0) is 29.0. The van der Waals surface area contributed by atoms with E-state index in [0.29, 0.717) is 13.1 Å². The molecule has 2 aromatic carbocycles. The molecule has 0 saturated carbocycles. The number of amides is 1. The van der Waals surface area contributed by atoms with E-state index in [9.17, 15) is 21.6 Å². The summed E-state index contributed by atoms with van der Waals surface area (Å²) in [7, 11) is -7.07. The quantitative estimate of drug-likeness (QED) is 0.335. The first-order valence-electron chi connectivity index (χ1n) is 12.8. The molecule has 3 rings (SSSR count). The summed E-state index contributed by atoms with van der Waals surface area (Å²) >= 11 is 0. The Labute approximate surface area is 230 Å². The maximum absolute atomic E-state index is 13.2. The average Bonchev–Trinajstić information content (AvgIpc) is 3.29. The van der Waals surface area contributed by atoms with Crippen molar-refractivity contribution in [1.29, 1.82) is 0 Å². The van der Waals surface area contributed by atoms with Crippen LogP contribution in [0.25, 0.3) is 0 Å². The minimum Gasteiger partial charge on any atom is -0.407 e. The summed E-state index contributed by atoms with van der Waals surface area (Å²) in [5, 5.41) is 9.78. The minimum absolute atomic E-state index is 0.106. The SMILES string of the molecule is CC(C)CN(CC(C)C)S(=O)(=O)c1ccc(C(=O)Nc2nnc(Cc3ccc(S(=O)(=O)C(C)C)cc3)o2)cc1. The van der Waals surface area contributed by atoms with Crippen molar-refractivity contribution in [2.75, 3.05) is 18.4 Å². The Morgan fingerprint density at radius 2 is 1.36 bits per heavy atom. The van der Waals surface area contributed by atoms with Crippen LogP contribution in [0.15, 0.2) is 62.7 Å². The van der Waals surface area contributed by atoms with Crippen LogP contribution in [0, 0.1) is 11.8 Å². The fourth-order valence-electron chi connectivity index (χ4n) is 3.80. The van der Waals surface area contributed by atoms with E-state index in [2.05, 4.69) is 15.5 Å². The molecule has 0 saturated heterocycles. The first-order chi connectivity index (χ1) is 18.2. The molecule has 0 bridgehead atoms. The van der Waals surface area contributed by atoms with Gasteiger partial charge in [0.15, 0.2) is 9.84 Å². The lowest BCUT2D eigenvalue weighted by molar-refractivity contribution is 0.102. The lowest BCUT2D eigenvalue weighted by atomic mass is 10.1. The van der Waals surface area contributed by atoms with Gasteiger partial charge in [0.25, 0.3) is 5.91 Å². The van der Waals surface area contributed by atoms with Gasteiger partial charge < -0.3 is 4.42 Å². The highest BCUT2D eigenvalue weighted by Crippen LogP contribution is 2.21. The maximum atomic E-state index is 13.2. The van der Waals surface area contributed by atoms with E-state index in [1.54, 1.807) is 38.1 Å². The summed E-state index contributed by atoms with van der Waals surface area (Å²) in [6.45, 7) is 11.9. The van der Waals surface area contributed by atoms with Crippen LogP contribution in [0.2, 0.25) is 0 Å². The molecule has 1 aromatic heterocycles. The van der Waals surface area contributed by atoms with Gasteiger partial charge in [-0.3, -0.25) is 10.1 Å². The molecule has 0 spiro atoms. The lowest BCUT2D eigenvalue weighted by Crippen LogP contribution is -2.37. The van der Waals surface area contributed by atoms with Crippen LogP contribution in [-0.2, 0) is 26.3 Å². The normalized spacial score (nSPS) is 12.6. The van der Waals surface area contributed by atoms with Crippen molar-refractivity contribution in [2.45, 2.75) is 63.0 Å². The van der Waals surface area contributed by atoms with Gasteiger partial charge in [0.2, 0.25) is 15.9 Å². The molecule has 12 heteroatoms. The fourth-order valence-corrected chi connectivity index (χ4v) is 6.63. The largest absolute Gasteiger partial charge is 0.407 e. The number of hydrogen-bond donors (Lipinski definition) is 1. The minimum atomic E-state index is -3.71. The van der Waals surface area contributed by atoms with E-state index in [4.69, 9.17) is 4.42 Å². The van der Waals surface area contributed by atoms with Crippen LogP contribution in [0.4, 0.5) is 6.01 Å². The first kappa shape index (κ1) is 30.5. The molecule has 0 atom stereocenters. The van der Waals surface area contributed by atoms with Crippen molar-refractivity contribution in [3.05, 3.63) is 65.5 Å². The van der Waals surface area contributed by atoms with Gasteiger partial charge in [0.1, 0.15) is 0 Å². The molecule has 3 aromatic rings. The van der Waals surface area contributed by atoms with Crippen molar-refractivity contribution in [1.82, 2.24) is 14.5 Å². The number of anilines is 1. The number of carbonyl (C=O) groups is 1. The van der Waals surface area contributed by atoms with Gasteiger partial charge in [-0.2, -0.15) is 4.31 Å². The molecule has 0 aliphatic carbocycles. The summed E-state index contributed by atoms with van der Waals surface area (Å²) in [5.74, 6) is 0.0479. The highest BCUT2D eigenvalue weighted by molar-refractivity contribution is 7.92. The number of sulfonamides is 1. The molecule has 1 heterocycles. The second-order valence-corrected chi connectivity index (χ2v) is 14.9. The number of carbonyl (C=O) groups excluding carboxylic acids is 1. The van der Waals surface area contributed by atoms with Crippen LogP contribution < -0.4 is 5.32 Å². The Morgan fingerprint density at radius 3 is 1.87 bits per heavy atom. The lowest BCUT2D eigenvalue weighted by Gasteiger charge is -2.25. The summed E-state index contributed by atoms with van der Waals surface area (Å²) in [6.07, 6.45) is 0.251. The van der Waals surface area contributed by atoms with Gasteiger partial charge in [-0.05, 0) is 67.6 Å². The third kappa shape index (κ3) is 7.74. The number of hydrogen-bond acceptors (Lipinski definition) is 8. The Kier molecular flexibility index (Phi) is 9.68. The predicted molar refractivity (Wildman–Crippen MR) is 149 cm³/mol. The van der Waals surface area contributed by atoms with Gasteiger partial charge in [0.05, 0.1) is 21.5 Å². The second kappa shape index (κ2) is 12.4. The molecule has 0 aliphatic rings. The Hall–Kier alpha value is -3.09. The third-order valence-corrected chi connectivity index (χ3v) is 9.82. The zero-order valence-electron chi connectivity index (χ0n) is 23.1. The van der Waals surface area contributed by atoms with Gasteiger partial charge >= 0.3 is 6.01 Å². The maximum Gasteiger partial charge on any atom is 0.322 e. The molecule has 212 valence electrons. The molecular weight excluding hydrogens is 540 g/mol. The standard InChI is InChI=1S/C27H36N4O6S2/c1-18(2)16-31(17-19(3)4)39(35,36)24-13-9-22(10-14-24)26(32)28-27-30-29-25(37-27)15-21-7-11-23(12-8-21)38(33,34)20(5)6/h7-14,18-20H,15-17H2,1-6H3,(H,28,30,32). The van der Waals surface area contributed by atoms with E-state index >= 15 is 0 Å². The number of nitrogens with zero attached hydrogens (tertiary/aromatic N) is 3. The molecule has 10 nitrogen and oxygen atoms in total. The summed E-state index contributed by atoms with van der Waals surface area (Å²) < 4.78 is 58.0. The van der Waals surface area contributed by atoms with Crippen LogP contribution in [-0.4, -0.2) is 55.6 Å². The van der Waals surface area contributed by atoms with Crippen molar-refractivity contribution in [2.24, 2.45) is 11.8 Å². The van der Waals surface area contributed by atoms with Gasteiger partial charge in [-0.15, -0.1) is 5.10 Å². The number of rotatable bonds is 12. The van der Waals surface area contributed by atoms with E-state index in [-0.39, 0.29) is 45.5 Å². The van der Waals surface area contributed by atoms with Crippen LogP contribution in [0.5, 0.6) is 0 Å². The molecule has 0 aliphatic heterocycles. The van der Waals surface area contributed by atoms with Gasteiger partial charge in [-0.25, -0.2) is 16.8 Å². The Balaban J connectivity index is 1.66. The van der Waals surface area contributed by atoms with E-state index < -0.39 is 31.0 Å². The summed E-state index contributed by atoms with van der Waals surface area (Å²) in [6, 6.07) is 12.0. The number of sulfone groups is 1. The predicted octanol–water partition coefficient (Wildman–Crippen LogP) is 4.40. The third-order valence-electron chi connectivity index (χ3n) is 5.81. The monoisotopic (exact) mass is 576 g/mol. The summed E-state index contributed by atoms with van der Waals surface area (Å²) in [4.78, 5) is 13.1. The Morgan fingerprint density at radius 1 is 0.821 bits per heavy atom. The topological polar surface area (TPSA) is 140 Å². The molecule has 39 heavy (non-hydrogen) atoms. The fraction of sp³-hybridized carbons (Fsp3) is 0.444. The van der Waals surface area contributed by atoms with E-state index in [1.165, 1.54) is 28.6 Å². The molecule has 1 N–H and O–H groups in total. The molecule has 0 unspecified atom stereocenters. The molecule has 1 amide bonds. The zero-order valence-corrected chi connectivity index (χ0v) is 24.7. The van der Waals surface area contributed by atoms with Crippen molar-refractivity contribution in [3.8, 4) is 0 Å². The highest BCUT2D eigenvalue weighted by Gasteiger charge is 2.26. The number of nitrogens with one attached hydrogen (secondary N) is 1. The number of aromatic nitrogens is 2. The van der Waals surface area contributed by atoms with Gasteiger partial charge in [0, 0.05) is 18.7 Å². The molecule has 0 radical (unpaired) electrons.